The number of aryl methyl sites for hydroxylation is 1. The van der Waals surface area contributed by atoms with Crippen molar-refractivity contribution in [3.05, 3.63) is 93.3 Å². The molecule has 3 aromatic carbocycles. The molecule has 0 aliphatic rings. The molecule has 0 aliphatic heterocycles. The van der Waals surface area contributed by atoms with Crippen molar-refractivity contribution in [3.63, 3.8) is 0 Å². The first-order valence-corrected chi connectivity index (χ1v) is 9.88. The van der Waals surface area contributed by atoms with Crippen molar-refractivity contribution in [1.29, 1.82) is 0 Å². The number of hydrogen-bond acceptors (Lipinski definition) is 7. The summed E-state index contributed by atoms with van der Waals surface area (Å²) in [6, 6.07) is 17.9. The van der Waals surface area contributed by atoms with E-state index in [1.165, 1.54) is 0 Å². The number of nitro groups is 1. The number of aromatic nitrogens is 2. The van der Waals surface area contributed by atoms with Gasteiger partial charge in [-0.3, -0.25) is 25.8 Å². The highest BCUT2D eigenvalue weighted by Gasteiger charge is 2.24. The van der Waals surface area contributed by atoms with Crippen LogP contribution in [0.25, 0.3) is 10.8 Å². The second kappa shape index (κ2) is 8.86. The standard InChI is InChI=1S/C22H17ClN6O3/c1-13-9-10-15(11-18(13)23)26-20-19(29(31)32)21(25-12-24-20)27-28-22(30)17-8-4-6-14-5-2-3-7-16(14)17/h2-12H,1H3,(H,28,30)(H2,24,25,26,27). The van der Waals surface area contributed by atoms with Crippen LogP contribution in [0, 0.1) is 17.0 Å². The van der Waals surface area contributed by atoms with Crippen molar-refractivity contribution >= 4 is 51.3 Å². The van der Waals surface area contributed by atoms with Gasteiger partial charge in [-0.05, 0) is 41.5 Å². The molecule has 3 N–H and O–H groups in total. The molecule has 32 heavy (non-hydrogen) atoms. The first-order chi connectivity index (χ1) is 15.4. The molecule has 1 heterocycles. The highest BCUT2D eigenvalue weighted by atomic mass is 35.5. The molecule has 4 rings (SSSR count). The number of nitrogens with zero attached hydrogens (tertiary/aromatic N) is 3. The first kappa shape index (κ1) is 21.0. The fourth-order valence-corrected chi connectivity index (χ4v) is 3.33. The fraction of sp³-hybridized carbons (Fsp3) is 0.0455. The maximum absolute atomic E-state index is 12.7. The van der Waals surface area contributed by atoms with E-state index in [2.05, 4.69) is 26.1 Å². The van der Waals surface area contributed by atoms with Gasteiger partial charge in [0.25, 0.3) is 5.91 Å². The maximum atomic E-state index is 12.7. The Morgan fingerprint density at radius 3 is 2.56 bits per heavy atom. The molecular formula is C22H17ClN6O3. The number of hydrogen-bond donors (Lipinski definition) is 3. The predicted molar refractivity (Wildman–Crippen MR) is 123 cm³/mol. The lowest BCUT2D eigenvalue weighted by Crippen LogP contribution is -2.30. The van der Waals surface area contributed by atoms with Gasteiger partial charge in [0.05, 0.1) is 4.92 Å². The van der Waals surface area contributed by atoms with E-state index < -0.39 is 16.5 Å². The zero-order valence-corrected chi connectivity index (χ0v) is 17.6. The topological polar surface area (TPSA) is 122 Å². The van der Waals surface area contributed by atoms with E-state index in [1.807, 2.05) is 37.3 Å². The van der Waals surface area contributed by atoms with E-state index in [0.29, 0.717) is 16.3 Å². The van der Waals surface area contributed by atoms with Crippen LogP contribution in [0.5, 0.6) is 0 Å². The number of fused-ring (bicyclic) bond motifs is 1. The number of halogens is 1. The van der Waals surface area contributed by atoms with E-state index >= 15 is 0 Å². The number of nitrogens with one attached hydrogen (secondary N) is 3. The molecule has 0 fully saturated rings. The van der Waals surface area contributed by atoms with Crippen LogP contribution < -0.4 is 16.2 Å². The van der Waals surface area contributed by atoms with E-state index in [9.17, 15) is 14.9 Å². The zero-order chi connectivity index (χ0) is 22.7. The van der Waals surface area contributed by atoms with Crippen LogP contribution in [0.15, 0.2) is 67.0 Å². The molecule has 0 unspecified atom stereocenters. The molecule has 0 atom stereocenters. The summed E-state index contributed by atoms with van der Waals surface area (Å²) in [5, 5.41) is 16.8. The molecule has 0 aliphatic carbocycles. The molecule has 4 aromatic rings. The fourth-order valence-electron chi connectivity index (χ4n) is 3.15. The average Bonchev–Trinajstić information content (AvgIpc) is 2.79. The molecule has 9 nitrogen and oxygen atoms in total. The molecule has 0 radical (unpaired) electrons. The van der Waals surface area contributed by atoms with Gasteiger partial charge in [-0.15, -0.1) is 0 Å². The Kier molecular flexibility index (Phi) is 5.82. The van der Waals surface area contributed by atoms with Gasteiger partial charge in [-0.2, -0.15) is 0 Å². The minimum absolute atomic E-state index is 0.0492. The summed E-state index contributed by atoms with van der Waals surface area (Å²) < 4.78 is 0. The van der Waals surface area contributed by atoms with Crippen LogP contribution in [0.4, 0.5) is 23.0 Å². The maximum Gasteiger partial charge on any atom is 0.355 e. The summed E-state index contributed by atoms with van der Waals surface area (Å²) in [6.07, 6.45) is 1.15. The Hall–Kier alpha value is -4.24. The van der Waals surface area contributed by atoms with Gasteiger partial charge in [0, 0.05) is 16.3 Å². The molecule has 10 heteroatoms. The van der Waals surface area contributed by atoms with Crippen molar-refractivity contribution in [2.24, 2.45) is 0 Å². The van der Waals surface area contributed by atoms with Gasteiger partial charge in [0.15, 0.2) is 0 Å². The summed E-state index contributed by atoms with van der Waals surface area (Å²) >= 11 is 6.13. The van der Waals surface area contributed by atoms with Crippen molar-refractivity contribution < 1.29 is 9.72 Å². The van der Waals surface area contributed by atoms with Gasteiger partial charge in [-0.25, -0.2) is 9.97 Å². The lowest BCUT2D eigenvalue weighted by molar-refractivity contribution is -0.383. The van der Waals surface area contributed by atoms with Gasteiger partial charge in [-0.1, -0.05) is 54.1 Å². The minimum atomic E-state index is -0.634. The number of rotatable bonds is 6. The SMILES string of the molecule is Cc1ccc(Nc2ncnc(NNC(=O)c3cccc4ccccc34)c2[N+](=O)[O-])cc1Cl. The Balaban J connectivity index is 1.59. The number of carbonyl (C=O) groups is 1. The quantitative estimate of drug-likeness (QED) is 0.280. The Morgan fingerprint density at radius 1 is 1.03 bits per heavy atom. The van der Waals surface area contributed by atoms with Gasteiger partial charge < -0.3 is 5.32 Å². The number of anilines is 3. The molecule has 1 amide bonds. The smallest absolute Gasteiger partial charge is 0.334 e. The molecule has 160 valence electrons. The van der Waals surface area contributed by atoms with Crippen molar-refractivity contribution in [2.45, 2.75) is 6.92 Å². The zero-order valence-electron chi connectivity index (χ0n) is 16.8. The van der Waals surface area contributed by atoms with Crippen LogP contribution in [-0.4, -0.2) is 20.8 Å². The molecule has 0 bridgehead atoms. The van der Waals surface area contributed by atoms with Gasteiger partial charge in [0.1, 0.15) is 6.33 Å². The highest BCUT2D eigenvalue weighted by Crippen LogP contribution is 2.32. The lowest BCUT2D eigenvalue weighted by atomic mass is 10.0. The third-order valence-corrected chi connectivity index (χ3v) is 5.18. The summed E-state index contributed by atoms with van der Waals surface area (Å²) in [7, 11) is 0. The van der Waals surface area contributed by atoms with Crippen molar-refractivity contribution in [1.82, 2.24) is 15.4 Å². The molecule has 1 aromatic heterocycles. The van der Waals surface area contributed by atoms with E-state index in [1.54, 1.807) is 30.3 Å². The van der Waals surface area contributed by atoms with Crippen molar-refractivity contribution in [3.8, 4) is 0 Å². The third-order valence-electron chi connectivity index (χ3n) is 4.77. The van der Waals surface area contributed by atoms with Crippen LogP contribution in [0.2, 0.25) is 5.02 Å². The van der Waals surface area contributed by atoms with Gasteiger partial charge >= 0.3 is 5.69 Å². The van der Waals surface area contributed by atoms with E-state index in [-0.39, 0.29) is 11.6 Å². The lowest BCUT2D eigenvalue weighted by Gasteiger charge is -2.12. The van der Waals surface area contributed by atoms with Crippen LogP contribution in [-0.2, 0) is 0 Å². The second-order valence-corrected chi connectivity index (χ2v) is 7.28. The normalized spacial score (nSPS) is 10.6. The van der Waals surface area contributed by atoms with Crippen molar-refractivity contribution in [2.75, 3.05) is 10.7 Å². The average molecular weight is 449 g/mol. The Bertz CT molecular complexity index is 1340. The first-order valence-electron chi connectivity index (χ1n) is 9.50. The summed E-state index contributed by atoms with van der Waals surface area (Å²) in [5.74, 6) is -0.680. The summed E-state index contributed by atoms with van der Waals surface area (Å²) in [5.41, 5.74) is 6.40. The van der Waals surface area contributed by atoms with Crippen LogP contribution in [0.1, 0.15) is 15.9 Å². The highest BCUT2D eigenvalue weighted by molar-refractivity contribution is 6.31. The number of benzene rings is 3. The second-order valence-electron chi connectivity index (χ2n) is 6.87. The van der Waals surface area contributed by atoms with Crippen LogP contribution in [0.3, 0.4) is 0 Å². The number of carbonyl (C=O) groups excluding carboxylic acids is 1. The summed E-state index contributed by atoms with van der Waals surface area (Å²) in [4.78, 5) is 31.7. The minimum Gasteiger partial charge on any atom is -0.334 e. The number of hydrazine groups is 1. The number of amides is 1. The van der Waals surface area contributed by atoms with Gasteiger partial charge in [0.2, 0.25) is 11.6 Å². The van der Waals surface area contributed by atoms with E-state index in [0.717, 1.165) is 22.7 Å². The van der Waals surface area contributed by atoms with Crippen LogP contribution >= 0.6 is 11.6 Å². The third kappa shape index (κ3) is 4.28. The monoisotopic (exact) mass is 448 g/mol. The summed E-state index contributed by atoms with van der Waals surface area (Å²) in [6.45, 7) is 1.85. The Morgan fingerprint density at radius 2 is 1.78 bits per heavy atom. The Labute approximate surface area is 187 Å². The predicted octanol–water partition coefficient (Wildman–Crippen LogP) is 5.00. The molecule has 0 spiro atoms. The molecule has 0 saturated carbocycles. The molecular weight excluding hydrogens is 432 g/mol. The molecule has 0 saturated heterocycles. The van der Waals surface area contributed by atoms with E-state index in [4.69, 9.17) is 11.6 Å². The largest absolute Gasteiger partial charge is 0.355 e.